The maximum atomic E-state index is 14.0. The molecule has 6 heteroatoms. The van der Waals surface area contributed by atoms with Crippen LogP contribution in [0.4, 0.5) is 10.1 Å². The average molecular weight is 275 g/mol. The fraction of sp³-hybridized carbons (Fsp3) is 0.0714. The van der Waals surface area contributed by atoms with Crippen molar-refractivity contribution >= 4 is 11.7 Å². The quantitative estimate of drug-likeness (QED) is 0.490. The van der Waals surface area contributed by atoms with E-state index in [9.17, 15) is 19.3 Å². The molecule has 0 aliphatic carbocycles. The number of non-ortho nitro benzene ring substituents is 1. The van der Waals surface area contributed by atoms with Crippen LogP contribution in [0.1, 0.15) is 10.4 Å². The van der Waals surface area contributed by atoms with Crippen molar-refractivity contribution < 1.29 is 18.8 Å². The lowest BCUT2D eigenvalue weighted by atomic mass is 10.0. The zero-order valence-electron chi connectivity index (χ0n) is 10.5. The normalized spacial score (nSPS) is 10.1. The van der Waals surface area contributed by atoms with Gasteiger partial charge in [-0.15, -0.1) is 0 Å². The molecule has 0 atom stereocenters. The van der Waals surface area contributed by atoms with Gasteiger partial charge in [-0.05, 0) is 17.7 Å². The van der Waals surface area contributed by atoms with E-state index in [0.29, 0.717) is 5.56 Å². The van der Waals surface area contributed by atoms with Crippen LogP contribution >= 0.6 is 0 Å². The van der Waals surface area contributed by atoms with Gasteiger partial charge >= 0.3 is 5.97 Å². The molecule has 0 radical (unpaired) electrons. The third kappa shape index (κ3) is 2.64. The Bertz CT molecular complexity index is 685. The smallest absolute Gasteiger partial charge is 0.337 e. The third-order valence-corrected chi connectivity index (χ3v) is 2.76. The van der Waals surface area contributed by atoms with Crippen LogP contribution < -0.4 is 0 Å². The molecule has 0 aromatic heterocycles. The summed E-state index contributed by atoms with van der Waals surface area (Å²) >= 11 is 0. The van der Waals surface area contributed by atoms with E-state index in [-0.39, 0.29) is 16.8 Å². The van der Waals surface area contributed by atoms with E-state index in [1.807, 2.05) is 0 Å². The van der Waals surface area contributed by atoms with Gasteiger partial charge < -0.3 is 4.74 Å². The fourth-order valence-corrected chi connectivity index (χ4v) is 1.78. The number of rotatable bonds is 3. The first-order chi connectivity index (χ1) is 9.52. The number of halogens is 1. The van der Waals surface area contributed by atoms with E-state index in [2.05, 4.69) is 4.74 Å². The van der Waals surface area contributed by atoms with Crippen LogP contribution in [0, 0.1) is 15.9 Å². The molecule has 2 rings (SSSR count). The number of esters is 1. The van der Waals surface area contributed by atoms with Crippen LogP contribution in [0.25, 0.3) is 11.1 Å². The van der Waals surface area contributed by atoms with Crippen molar-refractivity contribution in [2.24, 2.45) is 0 Å². The molecule has 0 N–H and O–H groups in total. The summed E-state index contributed by atoms with van der Waals surface area (Å²) in [5.41, 5.74) is 0.507. The lowest BCUT2D eigenvalue weighted by molar-refractivity contribution is -0.384. The van der Waals surface area contributed by atoms with E-state index in [1.165, 1.54) is 37.4 Å². The largest absolute Gasteiger partial charge is 0.465 e. The van der Waals surface area contributed by atoms with Gasteiger partial charge in [-0.3, -0.25) is 10.1 Å². The number of hydrogen-bond acceptors (Lipinski definition) is 4. The highest BCUT2D eigenvalue weighted by Gasteiger charge is 2.13. The molecule has 0 fully saturated rings. The number of ether oxygens (including phenoxy) is 1. The summed E-state index contributed by atoms with van der Waals surface area (Å²) in [5, 5.41) is 10.7. The second-order valence-electron chi connectivity index (χ2n) is 3.99. The molecule has 0 saturated heterocycles. The van der Waals surface area contributed by atoms with Crippen LogP contribution in [0.5, 0.6) is 0 Å². The van der Waals surface area contributed by atoms with E-state index in [1.54, 1.807) is 6.07 Å². The Balaban J connectivity index is 2.46. The Morgan fingerprint density at radius 1 is 1.25 bits per heavy atom. The number of methoxy groups -OCH3 is 1. The SMILES string of the molecule is COC(=O)c1ccc(-c2cccc([N+](=O)[O-])c2)c(F)c1. The maximum Gasteiger partial charge on any atom is 0.337 e. The van der Waals surface area contributed by atoms with Gasteiger partial charge in [0.25, 0.3) is 5.69 Å². The van der Waals surface area contributed by atoms with E-state index < -0.39 is 16.7 Å². The number of carbonyl (C=O) groups excluding carboxylic acids is 1. The zero-order chi connectivity index (χ0) is 14.7. The molecule has 0 amide bonds. The van der Waals surface area contributed by atoms with Crippen LogP contribution in [-0.4, -0.2) is 18.0 Å². The summed E-state index contributed by atoms with van der Waals surface area (Å²) in [6, 6.07) is 9.47. The molecule has 0 unspecified atom stereocenters. The summed E-state index contributed by atoms with van der Waals surface area (Å²) < 4.78 is 18.5. The molecular weight excluding hydrogens is 265 g/mol. The molecular formula is C14H10FNO4. The van der Waals surface area contributed by atoms with Crippen LogP contribution in [0.2, 0.25) is 0 Å². The number of nitro benzene ring substituents is 1. The van der Waals surface area contributed by atoms with Crippen molar-refractivity contribution in [1.29, 1.82) is 0 Å². The first-order valence-corrected chi connectivity index (χ1v) is 5.65. The van der Waals surface area contributed by atoms with Crippen molar-refractivity contribution in [3.63, 3.8) is 0 Å². The number of carbonyl (C=O) groups is 1. The third-order valence-electron chi connectivity index (χ3n) is 2.76. The monoisotopic (exact) mass is 275 g/mol. The molecule has 2 aromatic rings. The van der Waals surface area contributed by atoms with Gasteiger partial charge in [0.2, 0.25) is 0 Å². The molecule has 2 aromatic carbocycles. The first-order valence-electron chi connectivity index (χ1n) is 5.65. The Morgan fingerprint density at radius 2 is 2.00 bits per heavy atom. The number of benzene rings is 2. The highest BCUT2D eigenvalue weighted by atomic mass is 19.1. The second kappa shape index (κ2) is 5.48. The van der Waals surface area contributed by atoms with Crippen molar-refractivity contribution in [1.82, 2.24) is 0 Å². The molecule has 102 valence electrons. The van der Waals surface area contributed by atoms with Gasteiger partial charge in [0.1, 0.15) is 5.82 Å². The number of nitrogens with zero attached hydrogens (tertiary/aromatic N) is 1. The molecule has 0 spiro atoms. The molecule has 5 nitrogen and oxygen atoms in total. The van der Waals surface area contributed by atoms with Crippen molar-refractivity contribution in [2.75, 3.05) is 7.11 Å². The Morgan fingerprint density at radius 3 is 2.60 bits per heavy atom. The van der Waals surface area contributed by atoms with Gasteiger partial charge in [0.05, 0.1) is 17.6 Å². The van der Waals surface area contributed by atoms with Crippen LogP contribution in [0.3, 0.4) is 0 Å². The van der Waals surface area contributed by atoms with Crippen LogP contribution in [-0.2, 0) is 4.74 Å². The number of hydrogen-bond donors (Lipinski definition) is 0. The first kappa shape index (κ1) is 13.7. The minimum atomic E-state index is -0.645. The van der Waals surface area contributed by atoms with Crippen molar-refractivity contribution in [3.8, 4) is 11.1 Å². The molecule has 20 heavy (non-hydrogen) atoms. The lowest BCUT2D eigenvalue weighted by Gasteiger charge is -2.05. The Hall–Kier alpha value is -2.76. The topological polar surface area (TPSA) is 69.4 Å². The number of nitro groups is 1. The van der Waals surface area contributed by atoms with E-state index in [0.717, 1.165) is 6.07 Å². The van der Waals surface area contributed by atoms with Gasteiger partial charge in [0.15, 0.2) is 0 Å². The minimum Gasteiger partial charge on any atom is -0.465 e. The fourth-order valence-electron chi connectivity index (χ4n) is 1.78. The predicted molar refractivity (Wildman–Crippen MR) is 69.8 cm³/mol. The van der Waals surface area contributed by atoms with Crippen LogP contribution in [0.15, 0.2) is 42.5 Å². The molecule has 0 aliphatic heterocycles. The molecule has 0 bridgehead atoms. The Labute approximate surface area is 113 Å². The highest BCUT2D eigenvalue weighted by Crippen LogP contribution is 2.27. The van der Waals surface area contributed by atoms with Gasteiger partial charge in [0, 0.05) is 17.7 Å². The average Bonchev–Trinajstić information content (AvgIpc) is 2.46. The highest BCUT2D eigenvalue weighted by molar-refractivity contribution is 5.90. The lowest BCUT2D eigenvalue weighted by Crippen LogP contribution is -2.02. The predicted octanol–water partition coefficient (Wildman–Crippen LogP) is 3.19. The maximum absolute atomic E-state index is 14.0. The molecule has 0 heterocycles. The summed E-state index contributed by atoms with van der Waals surface area (Å²) in [6.07, 6.45) is 0. The second-order valence-corrected chi connectivity index (χ2v) is 3.99. The van der Waals surface area contributed by atoms with Gasteiger partial charge in [-0.25, -0.2) is 9.18 Å². The zero-order valence-corrected chi connectivity index (χ0v) is 10.5. The minimum absolute atomic E-state index is 0.0826. The summed E-state index contributed by atoms with van der Waals surface area (Å²) in [7, 11) is 1.20. The van der Waals surface area contributed by atoms with Crippen molar-refractivity contribution in [2.45, 2.75) is 0 Å². The van der Waals surface area contributed by atoms with Crippen molar-refractivity contribution in [3.05, 3.63) is 64.0 Å². The van der Waals surface area contributed by atoms with E-state index in [4.69, 9.17) is 0 Å². The summed E-state index contributed by atoms with van der Waals surface area (Å²) in [4.78, 5) is 21.4. The Kier molecular flexibility index (Phi) is 3.74. The van der Waals surface area contributed by atoms with E-state index >= 15 is 0 Å². The summed E-state index contributed by atoms with van der Waals surface area (Å²) in [6.45, 7) is 0. The summed E-state index contributed by atoms with van der Waals surface area (Å²) in [5.74, 6) is -1.29. The van der Waals surface area contributed by atoms with Gasteiger partial charge in [-0.1, -0.05) is 18.2 Å². The molecule has 0 saturated carbocycles. The molecule has 0 aliphatic rings. The van der Waals surface area contributed by atoms with Gasteiger partial charge in [-0.2, -0.15) is 0 Å². The standard InChI is InChI=1S/C14H10FNO4/c1-20-14(17)10-5-6-12(13(15)8-10)9-3-2-4-11(7-9)16(18)19/h2-8H,1H3.